The maximum Gasteiger partial charge on any atom is 0.406 e. The Morgan fingerprint density at radius 3 is 2.77 bits per heavy atom. The molecule has 0 bridgehead atoms. The second-order valence-corrected chi connectivity index (χ2v) is 9.64. The number of fused-ring (bicyclic) bond motifs is 1. The van der Waals surface area contributed by atoms with E-state index in [1.165, 1.54) is 0 Å². The van der Waals surface area contributed by atoms with Gasteiger partial charge in [-0.2, -0.15) is 13.2 Å². The number of rotatable bonds is 3. The van der Waals surface area contributed by atoms with Crippen molar-refractivity contribution in [3.8, 4) is 0 Å². The minimum Gasteiger partial charge on any atom is -0.461 e. The normalized spacial score (nSPS) is 26.1. The number of nitrogens with zero attached hydrogens (tertiary/aromatic N) is 1. The van der Waals surface area contributed by atoms with Gasteiger partial charge in [-0.15, -0.1) is 0 Å². The molecule has 5 rings (SSSR count). The quantitative estimate of drug-likeness (QED) is 0.684. The number of amides is 3. The van der Waals surface area contributed by atoms with E-state index in [4.69, 9.17) is 4.74 Å². The van der Waals surface area contributed by atoms with E-state index in [9.17, 15) is 27.6 Å². The summed E-state index contributed by atoms with van der Waals surface area (Å²) in [7, 11) is 0. The molecular weight excluding hydrogens is 463 g/mol. The standard InChI is InChI=1S/C25H26F3N3O4/c26-25(27,28)14-31-13-18-3-1-2-4-19(18)35-21(22(31)33)30-20(32)16-5-6-17-12-24(8-7-15(17)11-16)9-10-29-23(24)34/h2,4-6,11,21H,1,3,7-10,12-14H2,(H,29,34)(H,30,32). The van der Waals surface area contributed by atoms with Gasteiger partial charge >= 0.3 is 6.18 Å². The van der Waals surface area contributed by atoms with Crippen molar-refractivity contribution in [2.45, 2.75) is 50.9 Å². The molecule has 0 saturated carbocycles. The molecule has 2 atom stereocenters. The molecule has 7 nitrogen and oxygen atoms in total. The monoisotopic (exact) mass is 489 g/mol. The van der Waals surface area contributed by atoms with Crippen molar-refractivity contribution in [2.75, 3.05) is 19.6 Å². The number of halogens is 3. The molecule has 2 heterocycles. The molecule has 1 saturated heterocycles. The number of hydrogen-bond donors (Lipinski definition) is 2. The molecule has 1 fully saturated rings. The minimum atomic E-state index is -4.58. The van der Waals surface area contributed by atoms with Crippen LogP contribution in [-0.2, 0) is 27.2 Å². The molecule has 2 aliphatic carbocycles. The number of carbonyl (C=O) groups is 3. The fraction of sp³-hybridized carbons (Fsp3) is 0.480. The third kappa shape index (κ3) is 4.66. The van der Waals surface area contributed by atoms with Crippen molar-refractivity contribution in [3.63, 3.8) is 0 Å². The van der Waals surface area contributed by atoms with Crippen LogP contribution in [0.2, 0.25) is 0 Å². The van der Waals surface area contributed by atoms with Gasteiger partial charge in [-0.05, 0) is 73.4 Å². The summed E-state index contributed by atoms with van der Waals surface area (Å²) in [5.74, 6) is -1.15. The summed E-state index contributed by atoms with van der Waals surface area (Å²) in [6.07, 6.45) is 1.17. The Bertz CT molecular complexity index is 1140. The van der Waals surface area contributed by atoms with E-state index >= 15 is 0 Å². The zero-order valence-electron chi connectivity index (χ0n) is 19.0. The molecule has 0 aromatic heterocycles. The van der Waals surface area contributed by atoms with E-state index in [0.29, 0.717) is 54.9 Å². The first kappa shape index (κ1) is 23.4. The Kier molecular flexibility index (Phi) is 5.85. The van der Waals surface area contributed by atoms with E-state index in [0.717, 1.165) is 17.5 Å². The molecule has 1 aromatic rings. The van der Waals surface area contributed by atoms with E-state index < -0.39 is 36.2 Å². The average Bonchev–Trinajstić information content (AvgIpc) is 3.10. The third-order valence-electron chi connectivity index (χ3n) is 7.27. The summed E-state index contributed by atoms with van der Waals surface area (Å²) in [5.41, 5.74) is 2.45. The second kappa shape index (κ2) is 8.73. The van der Waals surface area contributed by atoms with Crippen LogP contribution >= 0.6 is 0 Å². The minimum absolute atomic E-state index is 0.0721. The molecule has 10 heteroatoms. The predicted molar refractivity (Wildman–Crippen MR) is 119 cm³/mol. The van der Waals surface area contributed by atoms with Gasteiger partial charge in [0, 0.05) is 18.7 Å². The zero-order valence-corrected chi connectivity index (χ0v) is 19.0. The molecule has 2 aliphatic heterocycles. The van der Waals surface area contributed by atoms with Gasteiger partial charge in [-0.1, -0.05) is 12.1 Å². The fourth-order valence-electron chi connectivity index (χ4n) is 5.39. The van der Waals surface area contributed by atoms with Gasteiger partial charge < -0.3 is 20.3 Å². The Morgan fingerprint density at radius 1 is 1.20 bits per heavy atom. The number of aryl methyl sites for hydroxylation is 1. The summed E-state index contributed by atoms with van der Waals surface area (Å²) in [6.45, 7) is -0.947. The SMILES string of the molecule is O=C(NC1OC2=C(CCC=C2)CN(CC(F)(F)F)C1=O)c1ccc2c(c1)CCC1(CCNC1=O)C2. The van der Waals surface area contributed by atoms with Crippen molar-refractivity contribution in [3.05, 3.63) is 58.4 Å². The molecule has 3 amide bonds. The van der Waals surface area contributed by atoms with Gasteiger partial charge in [0.2, 0.25) is 5.91 Å². The van der Waals surface area contributed by atoms with Crippen molar-refractivity contribution >= 4 is 17.7 Å². The molecule has 1 aromatic carbocycles. The first-order valence-corrected chi connectivity index (χ1v) is 11.8. The summed E-state index contributed by atoms with van der Waals surface area (Å²) >= 11 is 0. The zero-order chi connectivity index (χ0) is 24.8. The van der Waals surface area contributed by atoms with Crippen molar-refractivity contribution in [1.82, 2.24) is 15.5 Å². The highest BCUT2D eigenvalue weighted by atomic mass is 19.4. The van der Waals surface area contributed by atoms with Crippen LogP contribution in [0.3, 0.4) is 0 Å². The number of carbonyl (C=O) groups excluding carboxylic acids is 3. The third-order valence-corrected chi connectivity index (χ3v) is 7.27. The largest absolute Gasteiger partial charge is 0.461 e. The van der Waals surface area contributed by atoms with Gasteiger partial charge in [0.25, 0.3) is 18.0 Å². The molecule has 2 unspecified atom stereocenters. The van der Waals surface area contributed by atoms with Gasteiger partial charge in [-0.3, -0.25) is 14.4 Å². The van der Waals surface area contributed by atoms with Crippen molar-refractivity contribution < 1.29 is 32.3 Å². The van der Waals surface area contributed by atoms with Gasteiger partial charge in [0.15, 0.2) is 0 Å². The maximum atomic E-state index is 13.1. The lowest BCUT2D eigenvalue weighted by Crippen LogP contribution is -2.51. The van der Waals surface area contributed by atoms with Crippen molar-refractivity contribution in [2.24, 2.45) is 5.41 Å². The Labute approximate surface area is 200 Å². The Morgan fingerprint density at radius 2 is 2.03 bits per heavy atom. The van der Waals surface area contributed by atoms with E-state index in [1.807, 2.05) is 12.1 Å². The lowest BCUT2D eigenvalue weighted by Gasteiger charge is -2.32. The highest BCUT2D eigenvalue weighted by molar-refractivity contribution is 5.97. The van der Waals surface area contributed by atoms with Crippen LogP contribution < -0.4 is 10.6 Å². The molecule has 2 N–H and O–H groups in total. The molecule has 0 radical (unpaired) electrons. The van der Waals surface area contributed by atoms with Gasteiger partial charge in [-0.25, -0.2) is 0 Å². The van der Waals surface area contributed by atoms with Gasteiger partial charge in [0.1, 0.15) is 12.3 Å². The number of benzene rings is 1. The predicted octanol–water partition coefficient (Wildman–Crippen LogP) is 2.76. The summed E-state index contributed by atoms with van der Waals surface area (Å²) in [5, 5.41) is 5.39. The average molecular weight is 489 g/mol. The van der Waals surface area contributed by atoms with E-state index in [-0.39, 0.29) is 18.0 Å². The fourth-order valence-corrected chi connectivity index (χ4v) is 5.39. The Balaban J connectivity index is 1.35. The number of allylic oxidation sites excluding steroid dienone is 2. The first-order valence-electron chi connectivity index (χ1n) is 11.8. The van der Waals surface area contributed by atoms with Gasteiger partial charge in [0.05, 0.1) is 5.41 Å². The number of nitrogens with one attached hydrogen (secondary N) is 2. The van der Waals surface area contributed by atoms with Crippen LogP contribution in [0, 0.1) is 5.41 Å². The number of ether oxygens (including phenoxy) is 1. The van der Waals surface area contributed by atoms with Crippen LogP contribution in [0.25, 0.3) is 0 Å². The molecule has 4 aliphatic rings. The number of alkyl halides is 3. The van der Waals surface area contributed by atoms with Crippen LogP contribution in [0.1, 0.15) is 47.2 Å². The first-order chi connectivity index (χ1) is 16.6. The lowest BCUT2D eigenvalue weighted by atomic mass is 9.70. The molecule has 35 heavy (non-hydrogen) atoms. The molecule has 186 valence electrons. The smallest absolute Gasteiger partial charge is 0.406 e. The summed E-state index contributed by atoms with van der Waals surface area (Å²) < 4.78 is 45.1. The van der Waals surface area contributed by atoms with Crippen molar-refractivity contribution in [1.29, 1.82) is 0 Å². The van der Waals surface area contributed by atoms with Crippen LogP contribution in [0.15, 0.2) is 41.7 Å². The maximum absolute atomic E-state index is 13.1. The van der Waals surface area contributed by atoms with Crippen LogP contribution in [0.5, 0.6) is 0 Å². The Hall–Kier alpha value is -3.30. The number of hydrogen-bond acceptors (Lipinski definition) is 4. The van der Waals surface area contributed by atoms with E-state index in [1.54, 1.807) is 18.2 Å². The highest BCUT2D eigenvalue weighted by Gasteiger charge is 2.44. The molecule has 1 spiro atoms. The summed E-state index contributed by atoms with van der Waals surface area (Å²) in [6, 6.07) is 5.15. The summed E-state index contributed by atoms with van der Waals surface area (Å²) in [4.78, 5) is 39.0. The highest BCUT2D eigenvalue weighted by Crippen LogP contribution is 2.41. The second-order valence-electron chi connectivity index (χ2n) is 9.64. The van der Waals surface area contributed by atoms with Crippen LogP contribution in [-0.4, -0.2) is 54.7 Å². The lowest BCUT2D eigenvalue weighted by molar-refractivity contribution is -0.165. The van der Waals surface area contributed by atoms with Crippen LogP contribution in [0.4, 0.5) is 13.2 Å². The topological polar surface area (TPSA) is 87.7 Å². The van der Waals surface area contributed by atoms with E-state index in [2.05, 4.69) is 10.6 Å². The molecular formula is C25H26F3N3O4.